The lowest BCUT2D eigenvalue weighted by molar-refractivity contribution is 0.279. The van der Waals surface area contributed by atoms with Crippen LogP contribution in [-0.4, -0.2) is 19.2 Å². The van der Waals surface area contributed by atoms with Crippen LogP contribution in [0.15, 0.2) is 28.7 Å². The number of rotatable bonds is 7. The zero-order chi connectivity index (χ0) is 12.7. The molecule has 0 spiro atoms. The fourth-order valence-corrected chi connectivity index (χ4v) is 1.71. The van der Waals surface area contributed by atoms with Gasteiger partial charge in [0, 0.05) is 10.5 Å². The van der Waals surface area contributed by atoms with Crippen molar-refractivity contribution in [1.82, 2.24) is 5.32 Å². The minimum Gasteiger partial charge on any atom is -0.494 e. The van der Waals surface area contributed by atoms with Crippen LogP contribution in [-0.2, 0) is 0 Å². The molecule has 1 N–H and O–H groups in total. The molecular formula is C14H22BrNO. The first-order chi connectivity index (χ1) is 8.08. The molecule has 17 heavy (non-hydrogen) atoms. The summed E-state index contributed by atoms with van der Waals surface area (Å²) in [5, 5.41) is 3.44. The van der Waals surface area contributed by atoms with Gasteiger partial charge in [-0.15, -0.1) is 0 Å². The highest BCUT2D eigenvalue weighted by Gasteiger charge is 2.03. The summed E-state index contributed by atoms with van der Waals surface area (Å²) in [5.41, 5.74) is 0. The molecule has 0 saturated heterocycles. The van der Waals surface area contributed by atoms with Crippen LogP contribution >= 0.6 is 15.9 Å². The molecule has 1 aromatic carbocycles. The molecule has 0 bridgehead atoms. The van der Waals surface area contributed by atoms with E-state index < -0.39 is 0 Å². The fraction of sp³-hybridized carbons (Fsp3) is 0.571. The van der Waals surface area contributed by atoms with Crippen molar-refractivity contribution in [3.8, 4) is 5.75 Å². The molecule has 0 fully saturated rings. The first-order valence-electron chi connectivity index (χ1n) is 6.19. The molecule has 0 aliphatic heterocycles. The minimum absolute atomic E-state index is 0.560. The van der Waals surface area contributed by atoms with Gasteiger partial charge in [0.05, 0.1) is 6.61 Å². The summed E-state index contributed by atoms with van der Waals surface area (Å²) < 4.78 is 6.77. The van der Waals surface area contributed by atoms with Gasteiger partial charge in [-0.25, -0.2) is 0 Å². The Morgan fingerprint density at radius 1 is 1.18 bits per heavy atom. The fourth-order valence-electron chi connectivity index (χ4n) is 1.45. The Balaban J connectivity index is 2.16. The minimum atomic E-state index is 0.560. The molecule has 0 heterocycles. The van der Waals surface area contributed by atoms with Crippen LogP contribution in [0.1, 0.15) is 27.2 Å². The topological polar surface area (TPSA) is 21.3 Å². The highest BCUT2D eigenvalue weighted by Crippen LogP contribution is 2.16. The smallest absolute Gasteiger partial charge is 0.119 e. The number of halogens is 1. The molecule has 1 rings (SSSR count). The first kappa shape index (κ1) is 14.5. The van der Waals surface area contributed by atoms with Crippen LogP contribution in [0.5, 0.6) is 5.75 Å². The van der Waals surface area contributed by atoms with Crippen LogP contribution in [0.25, 0.3) is 0 Å². The number of hydrogen-bond acceptors (Lipinski definition) is 2. The third-order valence-corrected chi connectivity index (χ3v) is 3.10. The van der Waals surface area contributed by atoms with Crippen molar-refractivity contribution in [3.05, 3.63) is 28.7 Å². The molecule has 0 saturated carbocycles. The Labute approximate surface area is 113 Å². The predicted octanol–water partition coefficient (Wildman–Crippen LogP) is 3.85. The molecule has 0 aliphatic rings. The molecule has 0 aliphatic carbocycles. The molecule has 96 valence electrons. The maximum Gasteiger partial charge on any atom is 0.119 e. The van der Waals surface area contributed by atoms with E-state index in [-0.39, 0.29) is 0 Å². The average Bonchev–Trinajstić information content (AvgIpc) is 2.29. The molecule has 0 amide bonds. The summed E-state index contributed by atoms with van der Waals surface area (Å²) in [5.74, 6) is 1.59. The van der Waals surface area contributed by atoms with E-state index in [0.717, 1.165) is 29.8 Å². The van der Waals surface area contributed by atoms with Gasteiger partial charge in [-0.05, 0) is 43.1 Å². The summed E-state index contributed by atoms with van der Waals surface area (Å²) in [4.78, 5) is 0. The summed E-state index contributed by atoms with van der Waals surface area (Å²) in [6.07, 6.45) is 1.08. The van der Waals surface area contributed by atoms with Crippen LogP contribution in [0.3, 0.4) is 0 Å². The Morgan fingerprint density at radius 3 is 2.41 bits per heavy atom. The largest absolute Gasteiger partial charge is 0.494 e. The Kier molecular flexibility index (Phi) is 6.60. The lowest BCUT2D eigenvalue weighted by Crippen LogP contribution is -2.28. The van der Waals surface area contributed by atoms with Crippen molar-refractivity contribution in [3.63, 3.8) is 0 Å². The van der Waals surface area contributed by atoms with E-state index in [4.69, 9.17) is 4.74 Å². The quantitative estimate of drug-likeness (QED) is 0.826. The van der Waals surface area contributed by atoms with Crippen LogP contribution < -0.4 is 10.1 Å². The second kappa shape index (κ2) is 7.72. The van der Waals surface area contributed by atoms with Crippen molar-refractivity contribution in [2.24, 2.45) is 5.92 Å². The summed E-state index contributed by atoms with van der Waals surface area (Å²) in [6, 6.07) is 8.53. The average molecular weight is 300 g/mol. The van der Waals surface area contributed by atoms with E-state index in [1.807, 2.05) is 24.3 Å². The van der Waals surface area contributed by atoms with Crippen LogP contribution in [0, 0.1) is 5.92 Å². The molecule has 1 unspecified atom stereocenters. The lowest BCUT2D eigenvalue weighted by Gasteiger charge is -2.15. The molecule has 1 atom stereocenters. The first-order valence-corrected chi connectivity index (χ1v) is 6.99. The van der Waals surface area contributed by atoms with Crippen molar-refractivity contribution in [2.75, 3.05) is 13.2 Å². The molecule has 0 aromatic heterocycles. The molecule has 2 nitrogen and oxygen atoms in total. The molecule has 3 heteroatoms. The normalized spacial score (nSPS) is 12.8. The number of hydrogen-bond donors (Lipinski definition) is 1. The van der Waals surface area contributed by atoms with E-state index in [9.17, 15) is 0 Å². The van der Waals surface area contributed by atoms with Crippen molar-refractivity contribution in [1.29, 1.82) is 0 Å². The van der Waals surface area contributed by atoms with E-state index in [1.165, 1.54) is 0 Å². The molecular weight excluding hydrogens is 278 g/mol. The predicted molar refractivity (Wildman–Crippen MR) is 76.6 cm³/mol. The summed E-state index contributed by atoms with van der Waals surface area (Å²) >= 11 is 3.41. The van der Waals surface area contributed by atoms with E-state index in [2.05, 4.69) is 42.0 Å². The van der Waals surface area contributed by atoms with Crippen molar-refractivity contribution >= 4 is 15.9 Å². The number of benzene rings is 1. The number of ether oxygens (including phenoxy) is 1. The van der Waals surface area contributed by atoms with Gasteiger partial charge in [0.15, 0.2) is 0 Å². The monoisotopic (exact) mass is 299 g/mol. The van der Waals surface area contributed by atoms with E-state index in [1.54, 1.807) is 0 Å². The van der Waals surface area contributed by atoms with Gasteiger partial charge in [-0.3, -0.25) is 0 Å². The third kappa shape index (κ3) is 6.69. The SMILES string of the molecule is CC(CCOc1ccc(Br)cc1)CNC(C)C. The van der Waals surface area contributed by atoms with Gasteiger partial charge in [0.1, 0.15) is 5.75 Å². The summed E-state index contributed by atoms with van der Waals surface area (Å²) in [6.45, 7) is 8.43. The maximum absolute atomic E-state index is 5.69. The van der Waals surface area contributed by atoms with Crippen molar-refractivity contribution < 1.29 is 4.74 Å². The van der Waals surface area contributed by atoms with E-state index in [0.29, 0.717) is 12.0 Å². The third-order valence-electron chi connectivity index (χ3n) is 2.57. The maximum atomic E-state index is 5.69. The number of nitrogens with one attached hydrogen (secondary N) is 1. The second-order valence-electron chi connectivity index (χ2n) is 4.76. The van der Waals surface area contributed by atoms with Gasteiger partial charge in [0.2, 0.25) is 0 Å². The second-order valence-corrected chi connectivity index (χ2v) is 5.67. The standard InChI is InChI=1S/C14H22BrNO/c1-11(2)16-10-12(3)8-9-17-14-6-4-13(15)5-7-14/h4-7,11-12,16H,8-10H2,1-3H3. The summed E-state index contributed by atoms with van der Waals surface area (Å²) in [7, 11) is 0. The highest BCUT2D eigenvalue weighted by molar-refractivity contribution is 9.10. The van der Waals surface area contributed by atoms with Crippen LogP contribution in [0.4, 0.5) is 0 Å². The van der Waals surface area contributed by atoms with Gasteiger partial charge >= 0.3 is 0 Å². The van der Waals surface area contributed by atoms with Gasteiger partial charge < -0.3 is 10.1 Å². The van der Waals surface area contributed by atoms with Gasteiger partial charge in [0.25, 0.3) is 0 Å². The zero-order valence-electron chi connectivity index (χ0n) is 10.9. The Hall–Kier alpha value is -0.540. The van der Waals surface area contributed by atoms with Gasteiger partial charge in [-0.2, -0.15) is 0 Å². The van der Waals surface area contributed by atoms with E-state index >= 15 is 0 Å². The van der Waals surface area contributed by atoms with Crippen molar-refractivity contribution in [2.45, 2.75) is 33.2 Å². The molecule has 0 radical (unpaired) electrons. The Bertz CT molecular complexity index is 311. The van der Waals surface area contributed by atoms with Gasteiger partial charge in [-0.1, -0.05) is 36.7 Å². The Morgan fingerprint density at radius 2 is 1.82 bits per heavy atom. The van der Waals surface area contributed by atoms with Crippen LogP contribution in [0.2, 0.25) is 0 Å². The highest BCUT2D eigenvalue weighted by atomic mass is 79.9. The lowest BCUT2D eigenvalue weighted by atomic mass is 10.1. The zero-order valence-corrected chi connectivity index (χ0v) is 12.5. The molecule has 1 aromatic rings.